The molecule has 0 saturated heterocycles. The quantitative estimate of drug-likeness (QED) is 0.832. The van der Waals surface area contributed by atoms with Crippen molar-refractivity contribution in [2.24, 2.45) is 0 Å². The Bertz CT molecular complexity index is 698. The number of carbonyl (C=O) groups is 2. The average Bonchev–Trinajstić information content (AvgIpc) is 2.80. The summed E-state index contributed by atoms with van der Waals surface area (Å²) >= 11 is 0. The molecule has 0 aliphatic carbocycles. The molecule has 0 radical (unpaired) electrons. The second kappa shape index (κ2) is 6.47. The molecule has 0 bridgehead atoms. The summed E-state index contributed by atoms with van der Waals surface area (Å²) in [6, 6.07) is 7.00. The van der Waals surface area contributed by atoms with E-state index in [-0.39, 0.29) is 18.2 Å². The second-order valence-electron chi connectivity index (χ2n) is 5.07. The number of hydrogen-bond donors (Lipinski definition) is 1. The molecular weight excluding hydrogens is 282 g/mol. The first-order valence-electron chi connectivity index (χ1n) is 6.94. The molecule has 116 valence electrons. The molecule has 5 nitrogen and oxygen atoms in total. The number of aromatic nitrogens is 1. The van der Waals surface area contributed by atoms with Gasteiger partial charge in [-0.2, -0.15) is 0 Å². The number of aromatic amines is 1. The zero-order chi connectivity index (χ0) is 16.3. The van der Waals surface area contributed by atoms with Crippen molar-refractivity contribution >= 4 is 11.6 Å². The van der Waals surface area contributed by atoms with Crippen LogP contribution in [0.4, 0.5) is 0 Å². The van der Waals surface area contributed by atoms with E-state index in [4.69, 9.17) is 9.47 Å². The molecule has 1 heterocycles. The van der Waals surface area contributed by atoms with Gasteiger partial charge in [-0.05, 0) is 50.6 Å². The van der Waals surface area contributed by atoms with Crippen LogP contribution in [0.1, 0.15) is 39.0 Å². The number of ether oxygens (including phenoxy) is 2. The summed E-state index contributed by atoms with van der Waals surface area (Å²) in [6.45, 7) is 4.95. The zero-order valence-electron chi connectivity index (χ0n) is 13.1. The molecule has 0 amide bonds. The Morgan fingerprint density at radius 2 is 1.68 bits per heavy atom. The molecule has 1 N–H and O–H groups in total. The lowest BCUT2D eigenvalue weighted by Gasteiger charge is -2.06. The number of hydrogen-bond acceptors (Lipinski definition) is 4. The number of ketones is 2. The molecule has 0 fully saturated rings. The van der Waals surface area contributed by atoms with Gasteiger partial charge in [0.15, 0.2) is 12.4 Å². The molecule has 0 spiro atoms. The maximum atomic E-state index is 12.3. The van der Waals surface area contributed by atoms with Crippen LogP contribution in [0, 0.1) is 13.8 Å². The van der Waals surface area contributed by atoms with Crippen molar-refractivity contribution in [1.82, 2.24) is 4.98 Å². The monoisotopic (exact) mass is 301 g/mol. The van der Waals surface area contributed by atoms with E-state index in [1.807, 2.05) is 0 Å². The Hall–Kier alpha value is -2.56. The Labute approximate surface area is 129 Å². The van der Waals surface area contributed by atoms with E-state index in [9.17, 15) is 9.59 Å². The molecule has 1 aromatic carbocycles. The number of rotatable bonds is 6. The third-order valence-corrected chi connectivity index (χ3v) is 3.50. The van der Waals surface area contributed by atoms with Gasteiger partial charge in [-0.15, -0.1) is 0 Å². The van der Waals surface area contributed by atoms with Gasteiger partial charge in [-0.3, -0.25) is 9.59 Å². The third kappa shape index (κ3) is 3.19. The first kappa shape index (κ1) is 15.8. The van der Waals surface area contributed by atoms with Crippen molar-refractivity contribution in [3.63, 3.8) is 0 Å². The molecule has 5 heteroatoms. The summed E-state index contributed by atoms with van der Waals surface area (Å²) < 4.78 is 10.5. The predicted molar refractivity (Wildman–Crippen MR) is 83.1 cm³/mol. The summed E-state index contributed by atoms with van der Waals surface area (Å²) in [5, 5.41) is 0. The first-order chi connectivity index (χ1) is 10.4. The normalized spacial score (nSPS) is 10.4. The summed E-state index contributed by atoms with van der Waals surface area (Å²) in [6.07, 6.45) is 0. The average molecular weight is 301 g/mol. The SMILES string of the molecule is COc1ccc(OCC(=O)c2[nH]c(C)c(C(C)=O)c2C)cc1. The Kier molecular flexibility index (Phi) is 4.65. The number of Topliss-reactive ketones (excluding diaryl/α,β-unsaturated/α-hetero) is 2. The maximum Gasteiger partial charge on any atom is 0.216 e. The highest BCUT2D eigenvalue weighted by Crippen LogP contribution is 2.20. The highest BCUT2D eigenvalue weighted by Gasteiger charge is 2.19. The van der Waals surface area contributed by atoms with Crippen molar-refractivity contribution < 1.29 is 19.1 Å². The molecule has 0 aliphatic heterocycles. The molecule has 0 saturated carbocycles. The fraction of sp³-hybridized carbons (Fsp3) is 0.294. The number of benzene rings is 1. The van der Waals surface area contributed by atoms with Crippen LogP contribution in [0.15, 0.2) is 24.3 Å². The molecule has 1 aromatic heterocycles. The summed E-state index contributed by atoms with van der Waals surface area (Å²) in [7, 11) is 1.59. The highest BCUT2D eigenvalue weighted by molar-refractivity contribution is 6.03. The van der Waals surface area contributed by atoms with Crippen LogP contribution in [-0.4, -0.2) is 30.3 Å². The molecule has 22 heavy (non-hydrogen) atoms. The van der Waals surface area contributed by atoms with Gasteiger partial charge in [-0.1, -0.05) is 0 Å². The van der Waals surface area contributed by atoms with E-state index >= 15 is 0 Å². The number of carbonyl (C=O) groups excluding carboxylic acids is 2. The van der Waals surface area contributed by atoms with Crippen molar-refractivity contribution in [1.29, 1.82) is 0 Å². The van der Waals surface area contributed by atoms with E-state index in [2.05, 4.69) is 4.98 Å². The highest BCUT2D eigenvalue weighted by atomic mass is 16.5. The predicted octanol–water partition coefficient (Wildman–Crippen LogP) is 3.10. The van der Waals surface area contributed by atoms with Crippen LogP contribution in [0.3, 0.4) is 0 Å². The van der Waals surface area contributed by atoms with Gasteiger partial charge in [0.2, 0.25) is 5.78 Å². The number of H-pyrrole nitrogens is 1. The van der Waals surface area contributed by atoms with Crippen LogP contribution in [0.5, 0.6) is 11.5 Å². The van der Waals surface area contributed by atoms with E-state index in [0.29, 0.717) is 28.3 Å². The van der Waals surface area contributed by atoms with E-state index in [1.165, 1.54) is 6.92 Å². The van der Waals surface area contributed by atoms with Crippen LogP contribution >= 0.6 is 0 Å². The minimum absolute atomic E-state index is 0.0543. The van der Waals surface area contributed by atoms with Gasteiger partial charge >= 0.3 is 0 Å². The fourth-order valence-corrected chi connectivity index (χ4v) is 2.45. The van der Waals surface area contributed by atoms with Gasteiger partial charge in [0, 0.05) is 11.3 Å². The molecule has 2 rings (SSSR count). The molecular formula is C17H19NO4. The van der Waals surface area contributed by atoms with Gasteiger partial charge in [0.05, 0.1) is 12.8 Å². The summed E-state index contributed by atoms with van der Waals surface area (Å²) in [5.41, 5.74) is 2.38. The van der Waals surface area contributed by atoms with Crippen molar-refractivity contribution in [3.05, 3.63) is 46.8 Å². The Morgan fingerprint density at radius 3 is 2.18 bits per heavy atom. The van der Waals surface area contributed by atoms with Crippen molar-refractivity contribution in [3.8, 4) is 11.5 Å². The maximum absolute atomic E-state index is 12.3. The van der Waals surface area contributed by atoms with E-state index in [1.54, 1.807) is 45.2 Å². The van der Waals surface area contributed by atoms with Crippen molar-refractivity contribution in [2.75, 3.05) is 13.7 Å². The lowest BCUT2D eigenvalue weighted by atomic mass is 10.1. The van der Waals surface area contributed by atoms with E-state index in [0.717, 1.165) is 5.75 Å². The summed E-state index contributed by atoms with van der Waals surface area (Å²) in [4.78, 5) is 26.8. The summed E-state index contributed by atoms with van der Waals surface area (Å²) in [5.74, 6) is 1.06. The Morgan fingerprint density at radius 1 is 1.09 bits per heavy atom. The topological polar surface area (TPSA) is 68.4 Å². The minimum atomic E-state index is -0.191. The van der Waals surface area contributed by atoms with Crippen LogP contribution in [0.2, 0.25) is 0 Å². The van der Waals surface area contributed by atoms with Gasteiger partial charge in [-0.25, -0.2) is 0 Å². The number of nitrogens with one attached hydrogen (secondary N) is 1. The lowest BCUT2D eigenvalue weighted by molar-refractivity contribution is 0.0916. The standard InChI is InChI=1S/C17H19NO4/c1-10-16(12(3)19)11(2)18-17(10)15(20)9-22-14-7-5-13(21-4)6-8-14/h5-8,18H,9H2,1-4H3. The van der Waals surface area contributed by atoms with Gasteiger partial charge in [0.1, 0.15) is 11.5 Å². The molecule has 0 unspecified atom stereocenters. The van der Waals surface area contributed by atoms with Crippen molar-refractivity contribution in [2.45, 2.75) is 20.8 Å². The third-order valence-electron chi connectivity index (χ3n) is 3.50. The zero-order valence-corrected chi connectivity index (χ0v) is 13.1. The van der Waals surface area contributed by atoms with Crippen LogP contribution < -0.4 is 9.47 Å². The van der Waals surface area contributed by atoms with Crippen LogP contribution in [-0.2, 0) is 0 Å². The second-order valence-corrected chi connectivity index (χ2v) is 5.07. The van der Waals surface area contributed by atoms with Gasteiger partial charge < -0.3 is 14.5 Å². The number of aryl methyl sites for hydroxylation is 1. The smallest absolute Gasteiger partial charge is 0.216 e. The minimum Gasteiger partial charge on any atom is -0.497 e. The van der Waals surface area contributed by atoms with E-state index < -0.39 is 0 Å². The molecule has 2 aromatic rings. The Balaban J connectivity index is 2.09. The van der Waals surface area contributed by atoms with Gasteiger partial charge in [0.25, 0.3) is 0 Å². The fourth-order valence-electron chi connectivity index (χ4n) is 2.45. The number of methoxy groups -OCH3 is 1. The largest absolute Gasteiger partial charge is 0.497 e. The molecule has 0 aliphatic rings. The first-order valence-corrected chi connectivity index (χ1v) is 6.94. The molecule has 0 atom stereocenters. The van der Waals surface area contributed by atoms with Crippen LogP contribution in [0.25, 0.3) is 0 Å². The lowest BCUT2D eigenvalue weighted by Crippen LogP contribution is -2.13.